The second kappa shape index (κ2) is 8.55. The van der Waals surface area contributed by atoms with Crippen LogP contribution in [0.3, 0.4) is 0 Å². The van der Waals surface area contributed by atoms with E-state index in [1.807, 2.05) is 24.3 Å². The number of anilines is 2. The fourth-order valence-corrected chi connectivity index (χ4v) is 5.73. The molecule has 7 nitrogen and oxygen atoms in total. The van der Waals surface area contributed by atoms with Crippen molar-refractivity contribution in [3.8, 4) is 0 Å². The highest BCUT2D eigenvalue weighted by Crippen LogP contribution is 2.32. The Morgan fingerprint density at radius 3 is 2.35 bits per heavy atom. The number of rotatable bonds is 5. The minimum absolute atomic E-state index is 0.135. The molecule has 0 fully saturated rings. The Morgan fingerprint density at radius 2 is 1.65 bits per heavy atom. The zero-order valence-electron chi connectivity index (χ0n) is 16.9. The first kappa shape index (κ1) is 21.1. The van der Waals surface area contributed by atoms with E-state index in [2.05, 4.69) is 5.32 Å². The Balaban J connectivity index is 1.51. The van der Waals surface area contributed by atoms with Crippen LogP contribution in [0.15, 0.2) is 65.6 Å². The number of carbonyl (C=O) groups is 2. The van der Waals surface area contributed by atoms with Crippen LogP contribution in [0.5, 0.6) is 0 Å². The summed E-state index contributed by atoms with van der Waals surface area (Å²) in [4.78, 5) is 24.0. The van der Waals surface area contributed by atoms with Crippen molar-refractivity contribution in [2.45, 2.75) is 30.6 Å². The molecule has 2 atom stereocenters. The van der Waals surface area contributed by atoms with Gasteiger partial charge in [0.25, 0.3) is 10.0 Å². The number of aryl methyl sites for hydroxylation is 1. The Morgan fingerprint density at radius 1 is 0.968 bits per heavy atom. The molecule has 31 heavy (non-hydrogen) atoms. The Kier molecular flexibility index (Phi) is 5.82. The number of carboxylic acid groups (broad SMARTS) is 1. The van der Waals surface area contributed by atoms with Gasteiger partial charge in [-0.25, -0.2) is 8.42 Å². The number of aliphatic carboxylic acids is 1. The lowest BCUT2D eigenvalue weighted by Crippen LogP contribution is -2.41. The van der Waals surface area contributed by atoms with Crippen molar-refractivity contribution in [3.05, 3.63) is 66.2 Å². The normalized spacial score (nSPS) is 20.7. The molecule has 0 saturated heterocycles. The third-order valence-electron chi connectivity index (χ3n) is 5.85. The van der Waals surface area contributed by atoms with Crippen LogP contribution < -0.4 is 14.7 Å². The van der Waals surface area contributed by atoms with Crippen molar-refractivity contribution in [2.75, 3.05) is 16.2 Å². The molecule has 1 heterocycles. The van der Waals surface area contributed by atoms with E-state index in [0.717, 1.165) is 18.4 Å². The maximum absolute atomic E-state index is 13.2. The van der Waals surface area contributed by atoms with Crippen LogP contribution in [-0.4, -0.2) is 26.8 Å². The molecule has 0 radical (unpaired) electrons. The van der Waals surface area contributed by atoms with Crippen molar-refractivity contribution in [3.63, 3.8) is 0 Å². The lowest BCUT2D eigenvalue weighted by atomic mass is 9.82. The minimum atomic E-state index is -3.74. The number of hydrogen-bond acceptors (Lipinski definition) is 5. The highest BCUT2D eigenvalue weighted by Gasteiger charge is 2.31. The Labute approximate surface area is 181 Å². The molecule has 2 aromatic carbocycles. The van der Waals surface area contributed by atoms with Crippen LogP contribution in [0.4, 0.5) is 11.4 Å². The Bertz CT molecular complexity index is 1120. The van der Waals surface area contributed by atoms with E-state index in [4.69, 9.17) is 0 Å². The number of benzene rings is 2. The summed E-state index contributed by atoms with van der Waals surface area (Å²) in [6.45, 7) is 0.414. The van der Waals surface area contributed by atoms with Crippen molar-refractivity contribution in [1.29, 1.82) is 0 Å². The summed E-state index contributed by atoms with van der Waals surface area (Å²) in [5, 5.41) is 14.0. The summed E-state index contributed by atoms with van der Waals surface area (Å²) in [7, 11) is -3.74. The van der Waals surface area contributed by atoms with Gasteiger partial charge in [-0.1, -0.05) is 30.4 Å². The number of nitrogens with one attached hydrogen (secondary N) is 1. The first-order chi connectivity index (χ1) is 14.9. The molecule has 1 aliphatic heterocycles. The zero-order valence-corrected chi connectivity index (χ0v) is 17.7. The van der Waals surface area contributed by atoms with Crippen LogP contribution in [0, 0.1) is 11.8 Å². The number of amides is 1. The van der Waals surface area contributed by atoms with Gasteiger partial charge in [0.2, 0.25) is 5.91 Å². The van der Waals surface area contributed by atoms with E-state index < -0.39 is 33.7 Å². The number of fused-ring (bicyclic) bond motifs is 1. The van der Waals surface area contributed by atoms with Gasteiger partial charge >= 0.3 is 0 Å². The van der Waals surface area contributed by atoms with Gasteiger partial charge in [0.1, 0.15) is 0 Å². The smallest absolute Gasteiger partial charge is 0.264 e. The number of para-hydroxylation sites is 1. The number of sulfonamides is 1. The number of carbonyl (C=O) groups excluding carboxylic acids is 2. The first-order valence-corrected chi connectivity index (χ1v) is 11.7. The van der Waals surface area contributed by atoms with Gasteiger partial charge in [0.05, 0.1) is 16.5 Å². The fraction of sp³-hybridized carbons (Fsp3) is 0.304. The molecule has 1 amide bonds. The van der Waals surface area contributed by atoms with Gasteiger partial charge in [-0.15, -0.1) is 0 Å². The van der Waals surface area contributed by atoms with Gasteiger partial charge in [-0.05, 0) is 61.6 Å². The van der Waals surface area contributed by atoms with E-state index in [1.165, 1.54) is 28.6 Å². The van der Waals surface area contributed by atoms with Gasteiger partial charge in [-0.3, -0.25) is 9.10 Å². The largest absolute Gasteiger partial charge is 0.550 e. The maximum Gasteiger partial charge on any atom is 0.264 e. The predicted octanol–water partition coefficient (Wildman–Crippen LogP) is 2.10. The van der Waals surface area contributed by atoms with Gasteiger partial charge < -0.3 is 15.2 Å². The third-order valence-corrected chi connectivity index (χ3v) is 7.68. The molecule has 162 valence electrons. The molecule has 0 unspecified atom stereocenters. The average Bonchev–Trinajstić information content (AvgIpc) is 2.79. The molecule has 8 heteroatoms. The number of carboxylic acids is 1. The van der Waals surface area contributed by atoms with Gasteiger partial charge in [0, 0.05) is 24.1 Å². The maximum atomic E-state index is 13.2. The molecule has 4 rings (SSSR count). The molecule has 2 aromatic rings. The molecule has 0 bridgehead atoms. The molecular weight excluding hydrogens is 416 g/mol. The SMILES string of the molecule is O=C([O-])[C@H]1CC=CC[C@@H]1C(=O)Nc1ccc(S(=O)(=O)N2CCCc3ccccc32)cc1. The summed E-state index contributed by atoms with van der Waals surface area (Å²) < 4.78 is 27.8. The van der Waals surface area contributed by atoms with Crippen molar-refractivity contribution >= 4 is 33.3 Å². The minimum Gasteiger partial charge on any atom is -0.550 e. The number of hydrogen-bond donors (Lipinski definition) is 1. The quantitative estimate of drug-likeness (QED) is 0.718. The van der Waals surface area contributed by atoms with Gasteiger partial charge in [-0.2, -0.15) is 0 Å². The molecular formula is C23H23N2O5S-. The summed E-state index contributed by atoms with van der Waals surface area (Å²) in [6, 6.07) is 13.4. The molecule has 0 aromatic heterocycles. The Hall–Kier alpha value is -3.13. The van der Waals surface area contributed by atoms with E-state index in [9.17, 15) is 23.1 Å². The average molecular weight is 440 g/mol. The summed E-state index contributed by atoms with van der Waals surface area (Å²) in [5.74, 6) is -3.25. The highest BCUT2D eigenvalue weighted by atomic mass is 32.2. The standard InChI is InChI=1S/C23H24N2O5S/c26-22(19-8-2-3-9-20(19)23(27)28)24-17-11-13-18(14-12-17)31(29,30)25-15-5-7-16-6-1-4-10-21(16)25/h1-4,6,10-14,19-20H,5,7-9,15H2,(H,24,26)(H,27,28)/p-1/t19-,20-/m0/s1. The first-order valence-electron chi connectivity index (χ1n) is 10.3. The lowest BCUT2D eigenvalue weighted by Gasteiger charge is -2.30. The molecule has 0 saturated carbocycles. The van der Waals surface area contributed by atoms with Crippen LogP contribution in [0.25, 0.3) is 0 Å². The summed E-state index contributed by atoms with van der Waals surface area (Å²) in [6.07, 6.45) is 5.70. The molecule has 0 spiro atoms. The second-order valence-corrected chi connectivity index (χ2v) is 9.66. The molecule has 1 aliphatic carbocycles. The zero-order chi connectivity index (χ0) is 22.0. The second-order valence-electron chi connectivity index (χ2n) is 7.80. The topological polar surface area (TPSA) is 107 Å². The van der Waals surface area contributed by atoms with Crippen LogP contribution in [0.1, 0.15) is 24.8 Å². The van der Waals surface area contributed by atoms with Crippen LogP contribution in [0.2, 0.25) is 0 Å². The van der Waals surface area contributed by atoms with Crippen molar-refractivity contribution in [1.82, 2.24) is 0 Å². The van der Waals surface area contributed by atoms with Crippen molar-refractivity contribution in [2.24, 2.45) is 11.8 Å². The predicted molar refractivity (Wildman–Crippen MR) is 115 cm³/mol. The van der Waals surface area contributed by atoms with E-state index in [0.29, 0.717) is 24.3 Å². The van der Waals surface area contributed by atoms with Crippen LogP contribution >= 0.6 is 0 Å². The number of nitrogens with zero attached hydrogens (tertiary/aromatic N) is 1. The highest BCUT2D eigenvalue weighted by molar-refractivity contribution is 7.92. The van der Waals surface area contributed by atoms with E-state index in [1.54, 1.807) is 12.2 Å². The van der Waals surface area contributed by atoms with Crippen LogP contribution in [-0.2, 0) is 26.0 Å². The summed E-state index contributed by atoms with van der Waals surface area (Å²) in [5.41, 5.74) is 2.12. The van der Waals surface area contributed by atoms with Gasteiger partial charge in [0.15, 0.2) is 0 Å². The monoisotopic (exact) mass is 439 g/mol. The van der Waals surface area contributed by atoms with E-state index in [-0.39, 0.29) is 11.3 Å². The summed E-state index contributed by atoms with van der Waals surface area (Å²) >= 11 is 0. The van der Waals surface area contributed by atoms with E-state index >= 15 is 0 Å². The lowest BCUT2D eigenvalue weighted by molar-refractivity contribution is -0.313. The molecule has 2 aliphatic rings. The number of allylic oxidation sites excluding steroid dienone is 2. The molecule has 1 N–H and O–H groups in total. The third kappa shape index (κ3) is 4.20. The fourth-order valence-electron chi connectivity index (χ4n) is 4.19. The van der Waals surface area contributed by atoms with Crippen molar-refractivity contribution < 1.29 is 23.1 Å².